The van der Waals surface area contributed by atoms with E-state index >= 15 is 0 Å². The Bertz CT molecular complexity index is 3160. The molecule has 0 aliphatic heterocycles. The van der Waals surface area contributed by atoms with Gasteiger partial charge in [-0.05, 0) is 36.4 Å². The minimum Gasteiger partial charge on any atom is -0.456 e. The van der Waals surface area contributed by atoms with Gasteiger partial charge in [-0.3, -0.25) is 0 Å². The lowest BCUT2D eigenvalue weighted by Crippen LogP contribution is -2.00. The first-order valence-electron chi connectivity index (χ1n) is 16.8. The van der Waals surface area contributed by atoms with Crippen molar-refractivity contribution in [2.45, 2.75) is 0 Å². The molecule has 0 N–H and O–H groups in total. The minimum atomic E-state index is 0.626. The highest BCUT2D eigenvalue weighted by molar-refractivity contribution is 7.27. The first kappa shape index (κ1) is 28.6. The van der Waals surface area contributed by atoms with E-state index in [9.17, 15) is 0 Å². The summed E-state index contributed by atoms with van der Waals surface area (Å²) in [5, 5.41) is 7.24. The fourth-order valence-corrected chi connectivity index (χ4v) is 9.82. The van der Waals surface area contributed by atoms with Gasteiger partial charge in [-0.2, -0.15) is 0 Å². The summed E-state index contributed by atoms with van der Waals surface area (Å²) in [5.74, 6) is 1.91. The van der Waals surface area contributed by atoms with E-state index in [1.807, 2.05) is 83.3 Å². The molecular weight excluding hydrogens is 663 g/mol. The molecule has 0 unspecified atom stereocenters. The quantitative estimate of drug-likeness (QED) is 0.185. The van der Waals surface area contributed by atoms with Gasteiger partial charge in [0.25, 0.3) is 0 Å². The van der Waals surface area contributed by atoms with Gasteiger partial charge in [-0.15, -0.1) is 22.7 Å². The number of hydrogen-bond acceptors (Lipinski definition) is 6. The van der Waals surface area contributed by atoms with Crippen LogP contribution in [0.2, 0.25) is 0 Å². The second-order valence-electron chi connectivity index (χ2n) is 12.8. The van der Waals surface area contributed by atoms with Gasteiger partial charge in [0.05, 0.1) is 0 Å². The Hall–Kier alpha value is -6.21. The molecule has 0 radical (unpaired) electrons. The average Bonchev–Trinajstić information content (AvgIpc) is 3.89. The summed E-state index contributed by atoms with van der Waals surface area (Å²) >= 11 is 3.71. The van der Waals surface area contributed by atoms with Gasteiger partial charge in [0.2, 0.25) is 0 Å². The predicted octanol–water partition coefficient (Wildman–Crippen LogP) is 13.2. The van der Waals surface area contributed by atoms with Crippen LogP contribution in [0, 0.1) is 0 Å². The Morgan fingerprint density at radius 2 is 0.902 bits per heavy atom. The third-order valence-corrected chi connectivity index (χ3v) is 12.2. The number of benzene rings is 7. The first-order chi connectivity index (χ1) is 25.2. The Morgan fingerprint density at radius 1 is 0.353 bits per heavy atom. The number of para-hydroxylation sites is 1. The monoisotopic (exact) mass is 687 g/mol. The van der Waals surface area contributed by atoms with Crippen LogP contribution < -0.4 is 0 Å². The van der Waals surface area contributed by atoms with Crippen molar-refractivity contribution in [2.75, 3.05) is 0 Å². The van der Waals surface area contributed by atoms with Crippen molar-refractivity contribution in [3.63, 3.8) is 0 Å². The van der Waals surface area contributed by atoms with E-state index in [-0.39, 0.29) is 0 Å². The summed E-state index contributed by atoms with van der Waals surface area (Å²) in [6, 6.07) is 53.1. The maximum absolute atomic E-state index is 6.12. The molecule has 4 nitrogen and oxygen atoms in total. The van der Waals surface area contributed by atoms with Crippen LogP contribution in [-0.4, -0.2) is 15.0 Å². The van der Waals surface area contributed by atoms with Crippen molar-refractivity contribution in [1.82, 2.24) is 15.0 Å². The third kappa shape index (κ3) is 4.54. The number of furan rings is 1. The van der Waals surface area contributed by atoms with Crippen LogP contribution in [0.1, 0.15) is 0 Å². The molecule has 0 fully saturated rings. The summed E-state index contributed by atoms with van der Waals surface area (Å²) in [6.07, 6.45) is 0. The molecule has 238 valence electrons. The zero-order chi connectivity index (χ0) is 33.5. The van der Waals surface area contributed by atoms with Crippen molar-refractivity contribution in [2.24, 2.45) is 0 Å². The average molecular weight is 688 g/mol. The first-order valence-corrected chi connectivity index (χ1v) is 18.5. The fourth-order valence-electron chi connectivity index (χ4n) is 7.32. The molecule has 51 heavy (non-hydrogen) atoms. The maximum Gasteiger partial charge on any atom is 0.164 e. The Balaban J connectivity index is 1.08. The van der Waals surface area contributed by atoms with Gasteiger partial charge in [0.1, 0.15) is 11.2 Å². The fraction of sp³-hybridized carbons (Fsp3) is 0. The van der Waals surface area contributed by atoms with Crippen molar-refractivity contribution in [3.05, 3.63) is 152 Å². The van der Waals surface area contributed by atoms with Crippen molar-refractivity contribution < 1.29 is 4.42 Å². The van der Waals surface area contributed by atoms with Gasteiger partial charge >= 0.3 is 0 Å². The lowest BCUT2D eigenvalue weighted by Gasteiger charge is -2.08. The lowest BCUT2D eigenvalue weighted by atomic mass is 10.0. The van der Waals surface area contributed by atoms with Gasteiger partial charge < -0.3 is 4.42 Å². The van der Waals surface area contributed by atoms with Crippen LogP contribution >= 0.6 is 22.7 Å². The molecule has 0 saturated carbocycles. The van der Waals surface area contributed by atoms with Gasteiger partial charge in [-0.25, -0.2) is 15.0 Å². The van der Waals surface area contributed by atoms with Crippen molar-refractivity contribution in [1.29, 1.82) is 0 Å². The number of aromatic nitrogens is 3. The highest BCUT2D eigenvalue weighted by Crippen LogP contribution is 2.45. The molecular formula is C45H25N3OS2. The smallest absolute Gasteiger partial charge is 0.164 e. The summed E-state index contributed by atoms with van der Waals surface area (Å²) in [7, 11) is 0. The van der Waals surface area contributed by atoms with Crippen LogP contribution in [0.3, 0.4) is 0 Å². The molecule has 7 aromatic carbocycles. The number of rotatable bonds is 4. The van der Waals surface area contributed by atoms with E-state index in [2.05, 4.69) is 91.0 Å². The number of thiophene rings is 2. The topological polar surface area (TPSA) is 51.8 Å². The second-order valence-corrected chi connectivity index (χ2v) is 14.9. The molecule has 4 heterocycles. The van der Waals surface area contributed by atoms with Crippen LogP contribution in [0.15, 0.2) is 156 Å². The van der Waals surface area contributed by atoms with Gasteiger partial charge in [0, 0.05) is 78.9 Å². The normalized spacial score (nSPS) is 11.9. The summed E-state index contributed by atoms with van der Waals surface area (Å²) in [5.41, 5.74) is 7.07. The minimum absolute atomic E-state index is 0.626. The van der Waals surface area contributed by atoms with E-state index in [4.69, 9.17) is 19.4 Å². The van der Waals surface area contributed by atoms with Crippen LogP contribution in [0.5, 0.6) is 0 Å². The van der Waals surface area contributed by atoms with Gasteiger partial charge in [0.15, 0.2) is 17.5 Å². The molecule has 6 heteroatoms. The Labute approximate surface area is 299 Å². The number of nitrogens with zero attached hydrogens (tertiary/aromatic N) is 3. The predicted molar refractivity (Wildman–Crippen MR) is 215 cm³/mol. The van der Waals surface area contributed by atoms with E-state index in [0.29, 0.717) is 17.5 Å². The Morgan fingerprint density at radius 3 is 1.67 bits per heavy atom. The zero-order valence-electron chi connectivity index (χ0n) is 27.0. The highest BCUT2D eigenvalue weighted by atomic mass is 32.1. The van der Waals surface area contributed by atoms with Crippen LogP contribution in [0.25, 0.3) is 108 Å². The number of fused-ring (bicyclic) bond motifs is 9. The van der Waals surface area contributed by atoms with E-state index in [1.165, 1.54) is 51.5 Å². The SMILES string of the molecule is c1ccc(-c2nc(-c3ccc4c(c3)sc3c(-c5cccc6c5sc5ccccc56)cccc34)nc(-c3ccc4oc5ccccc5c4c3)n2)cc1. The Kier molecular flexibility index (Phi) is 6.26. The summed E-state index contributed by atoms with van der Waals surface area (Å²) in [4.78, 5) is 15.2. The molecule has 0 aliphatic carbocycles. The summed E-state index contributed by atoms with van der Waals surface area (Å²) < 4.78 is 11.3. The molecule has 0 aliphatic rings. The standard InChI is InChI=1S/C45H25N3OS2/c1-2-10-26(11-3-1)43-46-44(27-21-23-38-36(24-27)29-12-4-6-18-37(29)49-38)48-45(47-43)28-20-22-31-33-15-9-17-35(42(33)51-40(31)25-28)34-16-8-14-32-30-13-5-7-19-39(30)50-41(32)34/h1-25H. The van der Waals surface area contributed by atoms with Gasteiger partial charge in [-0.1, -0.05) is 115 Å². The second kappa shape index (κ2) is 11.2. The molecule has 4 aromatic heterocycles. The van der Waals surface area contributed by atoms with E-state index in [0.717, 1.165) is 38.6 Å². The number of hydrogen-bond donors (Lipinski definition) is 0. The zero-order valence-corrected chi connectivity index (χ0v) is 28.6. The molecule has 11 rings (SSSR count). The lowest BCUT2D eigenvalue weighted by molar-refractivity contribution is 0.669. The molecule has 11 aromatic rings. The largest absolute Gasteiger partial charge is 0.456 e. The molecule has 0 bridgehead atoms. The van der Waals surface area contributed by atoms with Crippen molar-refractivity contribution in [3.8, 4) is 45.3 Å². The molecule has 0 atom stereocenters. The summed E-state index contributed by atoms with van der Waals surface area (Å²) in [6.45, 7) is 0. The van der Waals surface area contributed by atoms with Crippen LogP contribution in [-0.2, 0) is 0 Å². The van der Waals surface area contributed by atoms with Crippen molar-refractivity contribution >= 4 is 85.0 Å². The maximum atomic E-state index is 6.12. The third-order valence-electron chi connectivity index (χ3n) is 9.75. The van der Waals surface area contributed by atoms with E-state index in [1.54, 1.807) is 0 Å². The molecule has 0 saturated heterocycles. The molecule has 0 amide bonds. The van der Waals surface area contributed by atoms with E-state index < -0.39 is 0 Å². The van der Waals surface area contributed by atoms with Crippen LogP contribution in [0.4, 0.5) is 0 Å². The molecule has 0 spiro atoms. The highest BCUT2D eigenvalue weighted by Gasteiger charge is 2.18.